The molecular formula is C29H28N2O5. The highest BCUT2D eigenvalue weighted by Gasteiger charge is 2.45. The van der Waals surface area contributed by atoms with Crippen LogP contribution in [0.25, 0.3) is 0 Å². The fourth-order valence-corrected chi connectivity index (χ4v) is 4.43. The molecule has 7 nitrogen and oxygen atoms in total. The Morgan fingerprint density at radius 3 is 2.33 bits per heavy atom. The fraction of sp³-hybridized carbons (Fsp3) is 0.241. The Morgan fingerprint density at radius 1 is 1.03 bits per heavy atom. The van der Waals surface area contributed by atoms with Crippen LogP contribution < -0.4 is 10.4 Å². The van der Waals surface area contributed by atoms with Gasteiger partial charge in [0.15, 0.2) is 0 Å². The first-order valence-corrected chi connectivity index (χ1v) is 11.9. The molecule has 4 rings (SSSR count). The van der Waals surface area contributed by atoms with Gasteiger partial charge >= 0.3 is 5.97 Å². The molecule has 2 unspecified atom stereocenters. The lowest BCUT2D eigenvalue weighted by atomic mass is 9.89. The Morgan fingerprint density at radius 2 is 1.67 bits per heavy atom. The molecule has 2 atom stereocenters. The van der Waals surface area contributed by atoms with Crippen LogP contribution in [0.3, 0.4) is 0 Å². The number of hydrogen-bond donors (Lipinski definition) is 2. The summed E-state index contributed by atoms with van der Waals surface area (Å²) in [5, 5.41) is 14.2. The Bertz CT molecular complexity index is 1240. The van der Waals surface area contributed by atoms with Crippen molar-refractivity contribution in [1.82, 2.24) is 5.32 Å². The topological polar surface area (TPSA) is 95.9 Å². The number of carbonyl (C=O) groups excluding carboxylic acids is 2. The highest BCUT2D eigenvalue weighted by molar-refractivity contribution is 6.02. The van der Waals surface area contributed by atoms with Crippen LogP contribution in [0.2, 0.25) is 0 Å². The lowest BCUT2D eigenvalue weighted by Crippen LogP contribution is -2.61. The van der Waals surface area contributed by atoms with Crippen molar-refractivity contribution in [1.29, 1.82) is 0 Å². The van der Waals surface area contributed by atoms with Crippen LogP contribution in [0.1, 0.15) is 29.5 Å². The van der Waals surface area contributed by atoms with Crippen LogP contribution in [0.5, 0.6) is 0 Å². The minimum Gasteiger partial charge on any atom is -0.480 e. The molecule has 2 N–H and O–H groups in total. The van der Waals surface area contributed by atoms with Gasteiger partial charge in [0.25, 0.3) is 5.91 Å². The van der Waals surface area contributed by atoms with Gasteiger partial charge in [-0.25, -0.2) is 4.79 Å². The van der Waals surface area contributed by atoms with E-state index < -0.39 is 23.5 Å². The third-order valence-corrected chi connectivity index (χ3v) is 6.37. The normalized spacial score (nSPS) is 18.0. The van der Waals surface area contributed by atoms with Gasteiger partial charge in [-0.3, -0.25) is 19.7 Å². The smallest absolute Gasteiger partial charge is 0.320 e. The predicted octanol–water partition coefficient (Wildman–Crippen LogP) is 3.90. The third-order valence-electron chi connectivity index (χ3n) is 6.37. The van der Waals surface area contributed by atoms with Crippen LogP contribution >= 0.6 is 0 Å². The van der Waals surface area contributed by atoms with Crippen LogP contribution in [-0.4, -0.2) is 34.5 Å². The number of aryl methyl sites for hydroxylation is 2. The number of nitrogens with one attached hydrogen (secondary N) is 1. The van der Waals surface area contributed by atoms with E-state index in [1.54, 1.807) is 18.1 Å². The molecule has 0 aliphatic carbocycles. The summed E-state index contributed by atoms with van der Waals surface area (Å²) in [5.74, 6) is 0.0835. The van der Waals surface area contributed by atoms with E-state index in [0.29, 0.717) is 18.5 Å². The molecule has 1 amide bonds. The number of aliphatic carboxylic acids is 1. The molecule has 0 fully saturated rings. The number of carbonyl (C=O) groups is 2. The van der Waals surface area contributed by atoms with Crippen molar-refractivity contribution in [2.45, 2.75) is 43.9 Å². The Balaban J connectivity index is 1.64. The van der Waals surface area contributed by atoms with Gasteiger partial charge in [0.1, 0.15) is 24.1 Å². The number of anilines is 1. The van der Waals surface area contributed by atoms with Crippen molar-refractivity contribution in [3.05, 3.63) is 108 Å². The molecule has 7 heteroatoms. The molecule has 0 saturated carbocycles. The molecule has 0 spiro atoms. The Labute approximate surface area is 210 Å². The highest BCUT2D eigenvalue weighted by Crippen LogP contribution is 2.33. The standard InChI is InChI=1S/C29H28N2O5/c32-20-19-29(30-25(27(33)34)16-15-22-9-3-1-4-10-22)18-17-24-13-7-8-14-26(24)31(28(29)35)36-21-23-11-5-2-6-12-23/h1-14,19,25,30H,15-18,21H2,(H,33,34). The van der Waals surface area contributed by atoms with Gasteiger partial charge in [0.2, 0.25) is 0 Å². The van der Waals surface area contributed by atoms with Crippen LogP contribution in [0.4, 0.5) is 5.69 Å². The molecule has 0 saturated heterocycles. The van der Waals surface area contributed by atoms with E-state index in [-0.39, 0.29) is 19.4 Å². The van der Waals surface area contributed by atoms with E-state index in [4.69, 9.17) is 4.84 Å². The number of rotatable bonds is 10. The number of benzene rings is 3. The number of para-hydroxylation sites is 1. The van der Waals surface area contributed by atoms with Crippen molar-refractivity contribution < 1.29 is 24.3 Å². The number of hydrogen-bond acceptors (Lipinski definition) is 5. The number of fused-ring (bicyclic) bond motifs is 1. The summed E-state index contributed by atoms with van der Waals surface area (Å²) in [7, 11) is 0. The van der Waals surface area contributed by atoms with Crippen LogP contribution in [0.15, 0.2) is 91.0 Å². The van der Waals surface area contributed by atoms with Crippen molar-refractivity contribution in [3.63, 3.8) is 0 Å². The first kappa shape index (κ1) is 25.1. The molecule has 1 aliphatic rings. The van der Waals surface area contributed by atoms with E-state index in [2.05, 4.69) is 5.32 Å². The maximum absolute atomic E-state index is 14.0. The zero-order chi connectivity index (χ0) is 25.4. The second-order valence-electron chi connectivity index (χ2n) is 8.78. The minimum absolute atomic E-state index is 0.123. The number of amides is 1. The third kappa shape index (κ3) is 5.78. The summed E-state index contributed by atoms with van der Waals surface area (Å²) < 4.78 is 0. The first-order chi connectivity index (χ1) is 17.5. The first-order valence-electron chi connectivity index (χ1n) is 11.9. The molecular weight excluding hydrogens is 456 g/mol. The molecule has 3 aromatic carbocycles. The van der Waals surface area contributed by atoms with Crippen molar-refractivity contribution in [3.8, 4) is 0 Å². The maximum Gasteiger partial charge on any atom is 0.320 e. The Hall–Kier alpha value is -4.03. The SMILES string of the molecule is O=C=CC1(NC(CCc2ccccc2)C(=O)O)CCc2ccccc2N(OCc2ccccc2)C1=O. The van der Waals surface area contributed by atoms with Crippen molar-refractivity contribution in [2.75, 3.05) is 5.06 Å². The van der Waals surface area contributed by atoms with Crippen molar-refractivity contribution >= 4 is 23.5 Å². The van der Waals surface area contributed by atoms with E-state index in [1.165, 1.54) is 5.06 Å². The number of hydroxylamine groups is 1. The van der Waals surface area contributed by atoms with Gasteiger partial charge in [0, 0.05) is 6.08 Å². The number of carboxylic acids is 1. The van der Waals surface area contributed by atoms with Gasteiger partial charge in [-0.15, -0.1) is 0 Å². The molecule has 36 heavy (non-hydrogen) atoms. The lowest BCUT2D eigenvalue weighted by Gasteiger charge is -2.34. The predicted molar refractivity (Wildman–Crippen MR) is 136 cm³/mol. The van der Waals surface area contributed by atoms with Crippen LogP contribution in [0, 0.1) is 0 Å². The largest absolute Gasteiger partial charge is 0.480 e. The highest BCUT2D eigenvalue weighted by atomic mass is 16.7. The molecule has 1 aliphatic heterocycles. The average molecular weight is 485 g/mol. The summed E-state index contributed by atoms with van der Waals surface area (Å²) in [6.45, 7) is 0.123. The summed E-state index contributed by atoms with van der Waals surface area (Å²) in [5.41, 5.74) is 1.67. The monoisotopic (exact) mass is 484 g/mol. The quantitative estimate of drug-likeness (QED) is 0.424. The van der Waals surface area contributed by atoms with E-state index in [1.807, 2.05) is 72.8 Å². The summed E-state index contributed by atoms with van der Waals surface area (Å²) in [6, 6.07) is 25.2. The second-order valence-corrected chi connectivity index (χ2v) is 8.78. The van der Waals surface area contributed by atoms with E-state index >= 15 is 0 Å². The Kier molecular flexibility index (Phi) is 8.08. The summed E-state index contributed by atoms with van der Waals surface area (Å²) in [4.78, 5) is 43.9. The van der Waals surface area contributed by atoms with Gasteiger partial charge in [-0.05, 0) is 48.4 Å². The van der Waals surface area contributed by atoms with Gasteiger partial charge in [-0.2, -0.15) is 5.06 Å². The molecule has 0 bridgehead atoms. The minimum atomic E-state index is -1.60. The van der Waals surface area contributed by atoms with Gasteiger partial charge < -0.3 is 5.11 Å². The molecule has 0 aromatic heterocycles. The van der Waals surface area contributed by atoms with E-state index in [9.17, 15) is 19.5 Å². The average Bonchev–Trinajstić information content (AvgIpc) is 3.01. The molecule has 3 aromatic rings. The number of carboxylic acid groups (broad SMARTS) is 1. The van der Waals surface area contributed by atoms with Gasteiger partial charge in [-0.1, -0.05) is 78.9 Å². The van der Waals surface area contributed by atoms with E-state index in [0.717, 1.165) is 22.8 Å². The van der Waals surface area contributed by atoms with Gasteiger partial charge in [0.05, 0.1) is 5.69 Å². The zero-order valence-corrected chi connectivity index (χ0v) is 19.8. The second kappa shape index (κ2) is 11.6. The van der Waals surface area contributed by atoms with Crippen LogP contribution in [-0.2, 0) is 38.7 Å². The summed E-state index contributed by atoms with van der Waals surface area (Å²) in [6.07, 6.45) is 2.44. The lowest BCUT2D eigenvalue weighted by molar-refractivity contribution is -0.141. The maximum atomic E-state index is 14.0. The number of nitrogens with zero attached hydrogens (tertiary/aromatic N) is 1. The van der Waals surface area contributed by atoms with Crippen molar-refractivity contribution in [2.24, 2.45) is 0 Å². The molecule has 0 radical (unpaired) electrons. The molecule has 1 heterocycles. The zero-order valence-electron chi connectivity index (χ0n) is 19.8. The molecule has 184 valence electrons. The fourth-order valence-electron chi connectivity index (χ4n) is 4.43. The summed E-state index contributed by atoms with van der Waals surface area (Å²) >= 11 is 0.